The lowest BCUT2D eigenvalue weighted by molar-refractivity contribution is -0.142. The van der Waals surface area contributed by atoms with Crippen LogP contribution in [0.15, 0.2) is 71.7 Å². The lowest BCUT2D eigenvalue weighted by Crippen LogP contribution is -2.56. The van der Waals surface area contributed by atoms with Gasteiger partial charge in [-0.1, -0.05) is 67.9 Å². The maximum absolute atomic E-state index is 13.7. The third kappa shape index (κ3) is 5.37. The largest absolute Gasteiger partial charge is 0.488 e. The predicted molar refractivity (Wildman–Crippen MR) is 157 cm³/mol. The Morgan fingerprint density at radius 3 is 2.56 bits per heavy atom. The Morgan fingerprint density at radius 1 is 1.12 bits per heavy atom. The molecule has 10 heteroatoms. The van der Waals surface area contributed by atoms with Gasteiger partial charge >= 0.3 is 0 Å². The van der Waals surface area contributed by atoms with E-state index in [0.717, 1.165) is 11.1 Å². The zero-order valence-electron chi connectivity index (χ0n) is 22.8. The maximum Gasteiger partial charge on any atom is 0.265 e. The molecule has 2 aliphatic rings. The van der Waals surface area contributed by atoms with E-state index in [1.807, 2.05) is 30.3 Å². The molecule has 4 aromatic rings. The summed E-state index contributed by atoms with van der Waals surface area (Å²) >= 11 is 5.97. The molecule has 2 N–H and O–H groups in total. The summed E-state index contributed by atoms with van der Waals surface area (Å²) in [5.41, 5.74) is 2.19. The van der Waals surface area contributed by atoms with E-state index < -0.39 is 11.5 Å². The average Bonchev–Trinajstić information content (AvgIpc) is 2.96. The zero-order chi connectivity index (χ0) is 28.7. The fourth-order valence-electron chi connectivity index (χ4n) is 5.40. The lowest BCUT2D eigenvalue weighted by Gasteiger charge is -2.45. The number of ether oxygens (including phenoxy) is 1. The number of likely N-dealkylation sites (tertiary alicyclic amines) is 1. The summed E-state index contributed by atoms with van der Waals surface area (Å²) in [6.07, 6.45) is 1.61. The van der Waals surface area contributed by atoms with Crippen LogP contribution in [0.4, 0.5) is 5.69 Å². The molecule has 2 aliphatic heterocycles. The molecule has 2 aromatic carbocycles. The molecule has 0 unspecified atom stereocenters. The minimum atomic E-state index is -0.586. The van der Waals surface area contributed by atoms with Crippen molar-refractivity contribution in [3.05, 3.63) is 98.9 Å². The van der Waals surface area contributed by atoms with Gasteiger partial charge in [0.05, 0.1) is 23.3 Å². The number of fused-ring (bicyclic) bond motifs is 3. The average molecular weight is 572 g/mol. The minimum absolute atomic E-state index is 0.0399. The summed E-state index contributed by atoms with van der Waals surface area (Å²) in [6.45, 7) is 5.71. The van der Waals surface area contributed by atoms with Gasteiger partial charge in [-0.25, -0.2) is 4.98 Å². The van der Waals surface area contributed by atoms with Crippen LogP contribution in [0, 0.1) is 5.41 Å². The van der Waals surface area contributed by atoms with E-state index in [0.29, 0.717) is 41.5 Å². The molecule has 0 radical (unpaired) electrons. The molecule has 0 spiro atoms. The van der Waals surface area contributed by atoms with Crippen molar-refractivity contribution < 1.29 is 14.3 Å². The van der Waals surface area contributed by atoms with Gasteiger partial charge in [0.15, 0.2) is 5.75 Å². The van der Waals surface area contributed by atoms with E-state index in [1.165, 1.54) is 10.6 Å². The molecule has 41 heavy (non-hydrogen) atoms. The molecule has 0 bridgehead atoms. The van der Waals surface area contributed by atoms with Crippen molar-refractivity contribution in [1.82, 2.24) is 19.8 Å². The molecule has 1 saturated heterocycles. The molecular weight excluding hydrogens is 542 g/mol. The first-order valence-corrected chi connectivity index (χ1v) is 13.9. The van der Waals surface area contributed by atoms with E-state index in [9.17, 15) is 14.4 Å². The Labute approximate surface area is 242 Å². The smallest absolute Gasteiger partial charge is 0.265 e. The number of amides is 2. The van der Waals surface area contributed by atoms with Gasteiger partial charge in [-0.15, -0.1) is 0 Å². The van der Waals surface area contributed by atoms with E-state index in [4.69, 9.17) is 16.3 Å². The molecule has 1 fully saturated rings. The summed E-state index contributed by atoms with van der Waals surface area (Å²) in [7, 11) is 0. The molecule has 9 nitrogen and oxygen atoms in total. The van der Waals surface area contributed by atoms with Crippen molar-refractivity contribution in [2.45, 2.75) is 33.0 Å². The van der Waals surface area contributed by atoms with Crippen LogP contribution in [0.2, 0.25) is 5.02 Å². The molecule has 2 aromatic heterocycles. The highest BCUT2D eigenvalue weighted by atomic mass is 35.5. The third-order valence-electron chi connectivity index (χ3n) is 7.49. The van der Waals surface area contributed by atoms with Crippen LogP contribution in [0.25, 0.3) is 11.0 Å². The number of aromatic nitrogens is 2. The second-order valence-corrected chi connectivity index (χ2v) is 11.8. The maximum atomic E-state index is 13.7. The van der Waals surface area contributed by atoms with Gasteiger partial charge in [-0.05, 0) is 34.7 Å². The van der Waals surface area contributed by atoms with Crippen molar-refractivity contribution in [2.24, 2.45) is 5.41 Å². The van der Waals surface area contributed by atoms with Crippen molar-refractivity contribution in [3.8, 4) is 5.75 Å². The van der Waals surface area contributed by atoms with E-state index in [1.54, 1.807) is 35.4 Å². The number of pyridine rings is 2. The van der Waals surface area contributed by atoms with Gasteiger partial charge in [0.2, 0.25) is 5.91 Å². The first-order chi connectivity index (χ1) is 19.7. The first-order valence-electron chi connectivity index (χ1n) is 13.5. The topological polar surface area (TPSA) is 106 Å². The Bertz CT molecular complexity index is 1690. The van der Waals surface area contributed by atoms with Crippen molar-refractivity contribution in [2.75, 3.05) is 25.0 Å². The highest BCUT2D eigenvalue weighted by Gasteiger charge is 2.37. The zero-order valence-corrected chi connectivity index (χ0v) is 23.6. The number of hydrogen-bond acceptors (Lipinski definition) is 6. The van der Waals surface area contributed by atoms with Gasteiger partial charge in [0, 0.05) is 24.7 Å². The first kappa shape index (κ1) is 26.8. The van der Waals surface area contributed by atoms with E-state index in [2.05, 4.69) is 29.5 Å². The minimum Gasteiger partial charge on any atom is -0.488 e. The number of carbonyl (C=O) groups is 2. The molecular formula is C31H30ClN5O4. The Morgan fingerprint density at radius 2 is 1.85 bits per heavy atom. The third-order valence-corrected chi connectivity index (χ3v) is 7.74. The number of nitrogens with zero attached hydrogens (tertiary/aromatic N) is 3. The van der Waals surface area contributed by atoms with Crippen LogP contribution >= 0.6 is 11.6 Å². The highest BCUT2D eigenvalue weighted by molar-refractivity contribution is 6.30. The number of nitrogens with one attached hydrogen (secondary N) is 2. The molecule has 1 atom stereocenters. The standard InChI is InChI=1S/C31H30ClN5O4/c1-31(2)17-36(18-31)26(38)15-37-28-22(12-23(30(37)40)29(39)34-13-19-8-10-21(32)11-9-19)27-24(14-33-28)35-25(16-41-27)20-6-4-3-5-7-20/h3-12,14,25,35H,13,15-18H2,1-2H3,(H,34,39)/t25-/m1/s1. The Balaban J connectivity index is 1.37. The number of halogens is 1. The summed E-state index contributed by atoms with van der Waals surface area (Å²) in [6, 6.07) is 18.4. The summed E-state index contributed by atoms with van der Waals surface area (Å²) in [4.78, 5) is 46.5. The summed E-state index contributed by atoms with van der Waals surface area (Å²) < 4.78 is 7.51. The Hall–Kier alpha value is -4.37. The Kier molecular flexibility index (Phi) is 6.91. The quantitative estimate of drug-likeness (QED) is 0.355. The number of anilines is 1. The molecule has 0 saturated carbocycles. The van der Waals surface area contributed by atoms with Crippen LogP contribution in [-0.2, 0) is 17.9 Å². The number of rotatable bonds is 6. The highest BCUT2D eigenvalue weighted by Crippen LogP contribution is 2.38. The monoisotopic (exact) mass is 571 g/mol. The molecule has 0 aliphatic carbocycles. The number of carbonyl (C=O) groups excluding carboxylic acids is 2. The van der Waals surface area contributed by atoms with Gasteiger partial charge in [0.1, 0.15) is 24.4 Å². The van der Waals surface area contributed by atoms with Gasteiger partial charge in [-0.3, -0.25) is 19.0 Å². The fourth-order valence-corrected chi connectivity index (χ4v) is 5.53. The summed E-state index contributed by atoms with van der Waals surface area (Å²) in [5, 5.41) is 7.35. The summed E-state index contributed by atoms with van der Waals surface area (Å²) in [5.74, 6) is -0.268. The van der Waals surface area contributed by atoms with E-state index in [-0.39, 0.29) is 41.7 Å². The molecule has 4 heterocycles. The van der Waals surface area contributed by atoms with E-state index >= 15 is 0 Å². The second kappa shape index (κ2) is 10.6. The van der Waals surface area contributed by atoms with Crippen molar-refractivity contribution in [3.63, 3.8) is 0 Å². The van der Waals surface area contributed by atoms with Crippen LogP contribution in [0.1, 0.15) is 41.4 Å². The van der Waals surface area contributed by atoms with Crippen LogP contribution < -0.4 is 20.9 Å². The van der Waals surface area contributed by atoms with Crippen LogP contribution in [-0.4, -0.2) is 46.0 Å². The molecule has 210 valence electrons. The van der Waals surface area contributed by atoms with Crippen LogP contribution in [0.5, 0.6) is 5.75 Å². The number of hydrogen-bond donors (Lipinski definition) is 2. The molecule has 6 rings (SSSR count). The SMILES string of the molecule is CC1(C)CN(C(=O)Cn2c(=O)c(C(=O)NCc3ccc(Cl)cc3)cc3c4c(cnc32)N[C@@H](c2ccccc2)CO4)C1. The van der Waals surface area contributed by atoms with Gasteiger partial charge < -0.3 is 20.3 Å². The molecule has 2 amide bonds. The second-order valence-electron chi connectivity index (χ2n) is 11.3. The lowest BCUT2D eigenvalue weighted by atomic mass is 9.84. The fraction of sp³-hybridized carbons (Fsp3) is 0.290. The van der Waals surface area contributed by atoms with Crippen LogP contribution in [0.3, 0.4) is 0 Å². The predicted octanol–water partition coefficient (Wildman–Crippen LogP) is 4.39. The van der Waals surface area contributed by atoms with Gasteiger partial charge in [-0.2, -0.15) is 0 Å². The normalized spacial score (nSPS) is 17.1. The van der Waals surface area contributed by atoms with Crippen molar-refractivity contribution in [1.29, 1.82) is 0 Å². The number of benzene rings is 2. The van der Waals surface area contributed by atoms with Gasteiger partial charge in [0.25, 0.3) is 11.5 Å². The van der Waals surface area contributed by atoms with Crippen molar-refractivity contribution >= 4 is 40.1 Å².